The number of benzene rings is 1. The number of hydrogen-bond acceptors (Lipinski definition) is 7. The molecule has 32 heavy (non-hydrogen) atoms. The smallest absolute Gasteiger partial charge is 0.305 e. The van der Waals surface area contributed by atoms with E-state index in [9.17, 15) is 24.0 Å². The maximum absolute atomic E-state index is 12.9. The number of rotatable bonds is 9. The minimum Gasteiger partial charge on any atom is -0.496 e. The van der Waals surface area contributed by atoms with Crippen LogP contribution in [0.5, 0.6) is 5.75 Å². The van der Waals surface area contributed by atoms with Crippen molar-refractivity contribution in [2.24, 2.45) is 0 Å². The van der Waals surface area contributed by atoms with E-state index >= 15 is 0 Å². The number of carbonyl (C=O) groups is 5. The molecule has 0 bridgehead atoms. The van der Waals surface area contributed by atoms with Crippen molar-refractivity contribution >= 4 is 47.3 Å². The van der Waals surface area contributed by atoms with Gasteiger partial charge in [0.15, 0.2) is 0 Å². The summed E-state index contributed by atoms with van der Waals surface area (Å²) in [5.41, 5.74) is 6.03. The molecule has 5 N–H and O–H groups in total. The normalized spacial score (nSPS) is 17.2. The Hall–Kier alpha value is -3.34. The Morgan fingerprint density at radius 2 is 2.03 bits per heavy atom. The van der Waals surface area contributed by atoms with E-state index in [2.05, 4.69) is 10.6 Å². The van der Waals surface area contributed by atoms with Gasteiger partial charge in [-0.25, -0.2) is 0 Å². The molecule has 1 fully saturated rings. The third-order valence-corrected chi connectivity index (χ3v) is 5.33. The number of nitrogens with zero attached hydrogens (tertiary/aromatic N) is 1. The lowest BCUT2D eigenvalue weighted by molar-refractivity contribution is -0.141. The van der Waals surface area contributed by atoms with Crippen molar-refractivity contribution in [3.8, 4) is 5.75 Å². The van der Waals surface area contributed by atoms with E-state index < -0.39 is 48.2 Å². The number of nitrogens with two attached hydrogens (primary N) is 1. The Morgan fingerprint density at radius 3 is 2.62 bits per heavy atom. The number of nitrogens with one attached hydrogen (secondary N) is 2. The first-order valence-corrected chi connectivity index (χ1v) is 10.2. The Balaban J connectivity index is 2.08. The SMILES string of the molecule is COc1cc(N)c(Cl)cc1C(=O)N[C@@H](C)C(=O)N1CCC[C@H]1C(=O)NC(C=O)CC(=O)O. The van der Waals surface area contributed by atoms with Crippen LogP contribution in [-0.2, 0) is 19.2 Å². The Bertz CT molecular complexity index is 923. The number of anilines is 1. The summed E-state index contributed by atoms with van der Waals surface area (Å²) in [6.45, 7) is 1.75. The van der Waals surface area contributed by atoms with Crippen LogP contribution in [0.3, 0.4) is 0 Å². The fourth-order valence-electron chi connectivity index (χ4n) is 3.40. The predicted octanol–water partition coefficient (Wildman–Crippen LogP) is 0.199. The number of carbonyl (C=O) groups excluding carboxylic acids is 4. The predicted molar refractivity (Wildman–Crippen MR) is 114 cm³/mol. The summed E-state index contributed by atoms with van der Waals surface area (Å²) < 4.78 is 5.15. The topological polar surface area (TPSA) is 168 Å². The van der Waals surface area contributed by atoms with Crippen molar-refractivity contribution in [3.63, 3.8) is 0 Å². The highest BCUT2D eigenvalue weighted by Gasteiger charge is 2.37. The van der Waals surface area contributed by atoms with Gasteiger partial charge in [0.05, 0.1) is 35.8 Å². The largest absolute Gasteiger partial charge is 0.496 e. The van der Waals surface area contributed by atoms with Gasteiger partial charge in [-0.05, 0) is 25.8 Å². The highest BCUT2D eigenvalue weighted by atomic mass is 35.5. The van der Waals surface area contributed by atoms with Crippen molar-refractivity contribution in [3.05, 3.63) is 22.7 Å². The molecule has 0 spiro atoms. The van der Waals surface area contributed by atoms with Gasteiger partial charge in [0.25, 0.3) is 5.91 Å². The van der Waals surface area contributed by atoms with E-state index in [0.29, 0.717) is 19.1 Å². The second kappa shape index (κ2) is 10.8. The molecule has 0 saturated carbocycles. The Kier molecular flexibility index (Phi) is 8.41. The standard InChI is InChI=1S/C20H25ClN4O7/c1-10(23-18(29)12-7-13(21)14(22)8-16(12)32-2)20(31)25-5-3-4-15(25)19(30)24-11(9-26)6-17(27)28/h7-11,15H,3-6,22H2,1-2H3,(H,23,29)(H,24,30)(H,27,28)/t10-,11?,15-/m0/s1. The van der Waals surface area contributed by atoms with Crippen LogP contribution >= 0.6 is 11.6 Å². The third kappa shape index (κ3) is 5.88. The van der Waals surface area contributed by atoms with Gasteiger partial charge in [-0.2, -0.15) is 0 Å². The van der Waals surface area contributed by atoms with E-state index in [0.717, 1.165) is 0 Å². The molecular weight excluding hydrogens is 444 g/mol. The lowest BCUT2D eigenvalue weighted by Crippen LogP contribution is -2.54. The summed E-state index contributed by atoms with van der Waals surface area (Å²) in [6, 6.07) is -0.338. The number of nitrogen functional groups attached to an aromatic ring is 1. The van der Waals surface area contributed by atoms with E-state index in [-0.39, 0.29) is 28.6 Å². The Labute approximate surface area is 189 Å². The molecule has 1 aromatic rings. The summed E-state index contributed by atoms with van der Waals surface area (Å²) in [7, 11) is 1.36. The second-order valence-corrected chi connectivity index (χ2v) is 7.72. The average Bonchev–Trinajstić information content (AvgIpc) is 3.23. The number of carboxylic acids is 1. The number of carboxylic acid groups (broad SMARTS) is 1. The number of ether oxygens (including phenoxy) is 1. The molecule has 2 rings (SSSR count). The summed E-state index contributed by atoms with van der Waals surface area (Å²) in [6.07, 6.45) is 0.657. The number of halogens is 1. The molecule has 1 aromatic carbocycles. The summed E-state index contributed by atoms with van der Waals surface area (Å²) in [5.74, 6) is -2.80. The first-order chi connectivity index (χ1) is 15.1. The maximum atomic E-state index is 12.9. The van der Waals surface area contributed by atoms with E-state index in [1.54, 1.807) is 0 Å². The zero-order valence-electron chi connectivity index (χ0n) is 17.6. The quantitative estimate of drug-likeness (QED) is 0.294. The van der Waals surface area contributed by atoms with Crippen LogP contribution in [0.15, 0.2) is 12.1 Å². The van der Waals surface area contributed by atoms with Gasteiger partial charge in [-0.3, -0.25) is 19.2 Å². The van der Waals surface area contributed by atoms with Gasteiger partial charge in [0, 0.05) is 12.6 Å². The first-order valence-electron chi connectivity index (χ1n) is 9.80. The van der Waals surface area contributed by atoms with E-state index in [1.807, 2.05) is 0 Å². The van der Waals surface area contributed by atoms with E-state index in [4.69, 9.17) is 27.2 Å². The minimum absolute atomic E-state index is 0.0876. The van der Waals surface area contributed by atoms with Crippen molar-refractivity contribution in [1.29, 1.82) is 0 Å². The van der Waals surface area contributed by atoms with Crippen LogP contribution in [0.4, 0.5) is 5.69 Å². The molecule has 3 amide bonds. The summed E-state index contributed by atoms with van der Waals surface area (Å²) in [4.78, 5) is 61.3. The molecule has 11 nitrogen and oxygen atoms in total. The number of aldehydes is 1. The molecule has 0 aromatic heterocycles. The van der Waals surface area contributed by atoms with Gasteiger partial charge < -0.3 is 35.9 Å². The molecular formula is C20H25ClN4O7. The molecule has 1 heterocycles. The highest BCUT2D eigenvalue weighted by Crippen LogP contribution is 2.29. The van der Waals surface area contributed by atoms with Crippen LogP contribution in [0.2, 0.25) is 5.02 Å². The molecule has 3 atom stereocenters. The van der Waals surface area contributed by atoms with Crippen molar-refractivity contribution < 1.29 is 33.8 Å². The maximum Gasteiger partial charge on any atom is 0.305 e. The van der Waals surface area contributed by atoms with Gasteiger partial charge in [0.2, 0.25) is 11.8 Å². The first kappa shape index (κ1) is 24.9. The molecule has 0 radical (unpaired) electrons. The van der Waals surface area contributed by atoms with Gasteiger partial charge in [-0.1, -0.05) is 11.6 Å². The number of methoxy groups -OCH3 is 1. The van der Waals surface area contributed by atoms with Crippen LogP contribution in [0.1, 0.15) is 36.5 Å². The van der Waals surface area contributed by atoms with E-state index in [1.165, 1.54) is 31.1 Å². The lowest BCUT2D eigenvalue weighted by atomic mass is 10.1. The van der Waals surface area contributed by atoms with Gasteiger partial charge in [-0.15, -0.1) is 0 Å². The van der Waals surface area contributed by atoms with Gasteiger partial charge >= 0.3 is 5.97 Å². The average molecular weight is 469 g/mol. The zero-order chi connectivity index (χ0) is 24.0. The molecule has 1 saturated heterocycles. The second-order valence-electron chi connectivity index (χ2n) is 7.31. The number of likely N-dealkylation sites (tertiary alicyclic amines) is 1. The molecule has 1 unspecified atom stereocenters. The molecule has 12 heteroatoms. The third-order valence-electron chi connectivity index (χ3n) is 5.01. The van der Waals surface area contributed by atoms with Crippen molar-refractivity contribution in [2.75, 3.05) is 19.4 Å². The van der Waals surface area contributed by atoms with Crippen LogP contribution in [0.25, 0.3) is 0 Å². The fourth-order valence-corrected chi connectivity index (χ4v) is 3.57. The van der Waals surface area contributed by atoms with Crippen molar-refractivity contribution in [1.82, 2.24) is 15.5 Å². The van der Waals surface area contributed by atoms with Crippen molar-refractivity contribution in [2.45, 2.75) is 44.3 Å². The molecule has 0 aliphatic carbocycles. The molecule has 1 aliphatic heterocycles. The van der Waals surface area contributed by atoms with Crippen LogP contribution in [0, 0.1) is 0 Å². The van der Waals surface area contributed by atoms with Gasteiger partial charge in [0.1, 0.15) is 24.1 Å². The Morgan fingerprint density at radius 1 is 1.34 bits per heavy atom. The van der Waals surface area contributed by atoms with Crippen LogP contribution in [-0.4, -0.2) is 71.8 Å². The summed E-state index contributed by atoms with van der Waals surface area (Å²) >= 11 is 5.99. The number of hydrogen-bond donors (Lipinski definition) is 4. The zero-order valence-corrected chi connectivity index (χ0v) is 18.3. The monoisotopic (exact) mass is 468 g/mol. The molecule has 1 aliphatic rings. The fraction of sp³-hybridized carbons (Fsp3) is 0.450. The molecule has 174 valence electrons. The minimum atomic E-state index is -1.24. The lowest BCUT2D eigenvalue weighted by Gasteiger charge is -2.28. The highest BCUT2D eigenvalue weighted by molar-refractivity contribution is 6.33. The number of aliphatic carboxylic acids is 1. The summed E-state index contributed by atoms with van der Waals surface area (Å²) in [5, 5.41) is 13.9. The number of amides is 3. The van der Waals surface area contributed by atoms with Crippen LogP contribution < -0.4 is 21.1 Å².